The normalized spacial score (nSPS) is 9.60. The first-order valence-corrected chi connectivity index (χ1v) is 7.57. The Morgan fingerprint density at radius 3 is 2.45 bits per heavy atom. The third kappa shape index (κ3) is 3.98. The highest BCUT2D eigenvalue weighted by molar-refractivity contribution is 7.98. The van der Waals surface area contributed by atoms with Crippen molar-refractivity contribution < 1.29 is 0 Å². The standard InChI is InChI=1S/C15H13N3S2/c1-20-14-4-2-3-13(9-14)18-15(19)17-12-7-5-11(10-16)6-8-12/h2-9H,1H3,(H2,17,18,19). The molecule has 20 heavy (non-hydrogen) atoms. The molecular weight excluding hydrogens is 286 g/mol. The van der Waals surface area contributed by atoms with Crippen LogP contribution in [0.2, 0.25) is 0 Å². The molecule has 5 heteroatoms. The molecule has 0 saturated heterocycles. The van der Waals surface area contributed by atoms with Crippen molar-refractivity contribution in [3.63, 3.8) is 0 Å². The monoisotopic (exact) mass is 299 g/mol. The van der Waals surface area contributed by atoms with E-state index in [-0.39, 0.29) is 0 Å². The number of thiocarbonyl (C=S) groups is 1. The Labute approximate surface area is 128 Å². The van der Waals surface area contributed by atoms with Gasteiger partial charge in [0.1, 0.15) is 0 Å². The number of hydrogen-bond acceptors (Lipinski definition) is 3. The summed E-state index contributed by atoms with van der Waals surface area (Å²) in [6, 6.07) is 17.3. The Bertz CT molecular complexity index is 645. The van der Waals surface area contributed by atoms with Gasteiger partial charge in [-0.2, -0.15) is 5.26 Å². The zero-order chi connectivity index (χ0) is 14.4. The number of thioether (sulfide) groups is 1. The molecule has 0 bridgehead atoms. The van der Waals surface area contributed by atoms with Crippen LogP contribution < -0.4 is 10.6 Å². The van der Waals surface area contributed by atoms with Crippen LogP contribution in [0.25, 0.3) is 0 Å². The van der Waals surface area contributed by atoms with E-state index in [9.17, 15) is 0 Å². The van der Waals surface area contributed by atoms with Crippen LogP contribution in [0.1, 0.15) is 5.56 Å². The number of benzene rings is 2. The summed E-state index contributed by atoms with van der Waals surface area (Å²) in [5, 5.41) is 15.5. The minimum atomic E-state index is 0.521. The molecule has 0 fully saturated rings. The zero-order valence-electron chi connectivity index (χ0n) is 10.9. The average molecular weight is 299 g/mol. The fourth-order valence-corrected chi connectivity index (χ4v) is 2.32. The molecule has 0 aliphatic rings. The van der Waals surface area contributed by atoms with Crippen LogP contribution in [0.15, 0.2) is 53.4 Å². The van der Waals surface area contributed by atoms with Gasteiger partial charge < -0.3 is 10.6 Å². The predicted octanol–water partition coefficient (Wildman–Crippen LogP) is 4.09. The van der Waals surface area contributed by atoms with Crippen LogP contribution in [0.4, 0.5) is 11.4 Å². The molecule has 100 valence electrons. The first-order valence-electron chi connectivity index (χ1n) is 5.93. The minimum Gasteiger partial charge on any atom is -0.332 e. The smallest absolute Gasteiger partial charge is 0.175 e. The third-order valence-electron chi connectivity index (χ3n) is 2.60. The summed E-state index contributed by atoms with van der Waals surface area (Å²) in [7, 11) is 0. The minimum absolute atomic E-state index is 0.521. The molecular formula is C15H13N3S2. The van der Waals surface area contributed by atoms with Crippen molar-refractivity contribution in [3.8, 4) is 6.07 Å². The molecule has 0 aliphatic heterocycles. The second-order valence-electron chi connectivity index (χ2n) is 4.00. The summed E-state index contributed by atoms with van der Waals surface area (Å²) in [6.45, 7) is 0. The van der Waals surface area contributed by atoms with Crippen LogP contribution in [0, 0.1) is 11.3 Å². The fourth-order valence-electron chi connectivity index (χ4n) is 1.62. The molecule has 0 saturated carbocycles. The van der Waals surface area contributed by atoms with E-state index in [1.807, 2.05) is 42.7 Å². The highest BCUT2D eigenvalue weighted by Crippen LogP contribution is 2.19. The molecule has 0 radical (unpaired) electrons. The van der Waals surface area contributed by atoms with E-state index in [4.69, 9.17) is 17.5 Å². The molecule has 0 aliphatic carbocycles. The summed E-state index contributed by atoms with van der Waals surface area (Å²) >= 11 is 6.95. The van der Waals surface area contributed by atoms with E-state index in [1.165, 1.54) is 4.90 Å². The number of rotatable bonds is 3. The van der Waals surface area contributed by atoms with Crippen LogP contribution in [0.3, 0.4) is 0 Å². The lowest BCUT2D eigenvalue weighted by atomic mass is 10.2. The molecule has 2 rings (SSSR count). The first-order chi connectivity index (χ1) is 9.71. The van der Waals surface area contributed by atoms with E-state index in [0.29, 0.717) is 10.7 Å². The molecule has 2 aromatic carbocycles. The number of nitrogens with one attached hydrogen (secondary N) is 2. The van der Waals surface area contributed by atoms with Gasteiger partial charge in [0.15, 0.2) is 5.11 Å². The van der Waals surface area contributed by atoms with E-state index in [1.54, 1.807) is 23.9 Å². The van der Waals surface area contributed by atoms with Crippen LogP contribution in [-0.2, 0) is 0 Å². The Kier molecular flexibility index (Phi) is 4.99. The number of nitrogens with zero attached hydrogens (tertiary/aromatic N) is 1. The topological polar surface area (TPSA) is 47.8 Å². The van der Waals surface area contributed by atoms with Crippen molar-refractivity contribution in [2.45, 2.75) is 4.90 Å². The van der Waals surface area contributed by atoms with Crippen molar-refractivity contribution in [2.75, 3.05) is 16.9 Å². The fraction of sp³-hybridized carbons (Fsp3) is 0.0667. The van der Waals surface area contributed by atoms with Gasteiger partial charge in [0.05, 0.1) is 11.6 Å². The van der Waals surface area contributed by atoms with E-state index < -0.39 is 0 Å². The number of anilines is 2. The summed E-state index contributed by atoms with van der Waals surface area (Å²) in [4.78, 5) is 1.18. The van der Waals surface area contributed by atoms with Gasteiger partial charge in [-0.3, -0.25) is 0 Å². The Balaban J connectivity index is 1.99. The largest absolute Gasteiger partial charge is 0.332 e. The summed E-state index contributed by atoms with van der Waals surface area (Å²) in [5.41, 5.74) is 2.42. The van der Waals surface area contributed by atoms with Gasteiger partial charge in [0, 0.05) is 16.3 Å². The SMILES string of the molecule is CSc1cccc(NC(=S)Nc2ccc(C#N)cc2)c1. The molecule has 0 spiro atoms. The second kappa shape index (κ2) is 6.94. The van der Waals surface area contributed by atoms with Crippen molar-refractivity contribution in [1.82, 2.24) is 0 Å². The Morgan fingerprint density at radius 1 is 1.10 bits per heavy atom. The van der Waals surface area contributed by atoms with Crippen LogP contribution in [0.5, 0.6) is 0 Å². The van der Waals surface area contributed by atoms with Gasteiger partial charge in [-0.25, -0.2) is 0 Å². The lowest BCUT2D eigenvalue weighted by molar-refractivity contribution is 1.45. The maximum Gasteiger partial charge on any atom is 0.175 e. The summed E-state index contributed by atoms with van der Waals surface area (Å²) < 4.78 is 0. The molecule has 3 nitrogen and oxygen atoms in total. The van der Waals surface area contributed by atoms with Crippen LogP contribution in [-0.4, -0.2) is 11.4 Å². The van der Waals surface area contributed by atoms with E-state index >= 15 is 0 Å². The maximum atomic E-state index is 8.74. The van der Waals surface area contributed by atoms with Crippen molar-refractivity contribution in [3.05, 3.63) is 54.1 Å². The lowest BCUT2D eigenvalue weighted by Crippen LogP contribution is -2.18. The molecule has 0 unspecified atom stereocenters. The molecule has 0 heterocycles. The van der Waals surface area contributed by atoms with Crippen molar-refractivity contribution in [2.24, 2.45) is 0 Å². The molecule has 0 aromatic heterocycles. The molecule has 2 N–H and O–H groups in total. The van der Waals surface area contributed by atoms with Gasteiger partial charge in [-0.05, 0) is 60.9 Å². The number of hydrogen-bond donors (Lipinski definition) is 2. The zero-order valence-corrected chi connectivity index (χ0v) is 12.5. The first kappa shape index (κ1) is 14.4. The average Bonchev–Trinajstić information content (AvgIpc) is 2.48. The van der Waals surface area contributed by atoms with Crippen molar-refractivity contribution >= 4 is 40.5 Å². The van der Waals surface area contributed by atoms with Crippen molar-refractivity contribution in [1.29, 1.82) is 5.26 Å². The van der Waals surface area contributed by atoms with E-state index in [0.717, 1.165) is 11.4 Å². The Hall–Kier alpha value is -2.03. The molecule has 2 aromatic rings. The highest BCUT2D eigenvalue weighted by atomic mass is 32.2. The van der Waals surface area contributed by atoms with Gasteiger partial charge in [-0.15, -0.1) is 11.8 Å². The highest BCUT2D eigenvalue weighted by Gasteiger charge is 2.00. The summed E-state index contributed by atoms with van der Waals surface area (Å²) in [6.07, 6.45) is 2.03. The maximum absolute atomic E-state index is 8.74. The Morgan fingerprint density at radius 2 is 1.80 bits per heavy atom. The number of nitriles is 1. The van der Waals surface area contributed by atoms with Gasteiger partial charge in [0.2, 0.25) is 0 Å². The quantitative estimate of drug-likeness (QED) is 0.660. The third-order valence-corrected chi connectivity index (χ3v) is 3.53. The lowest BCUT2D eigenvalue weighted by Gasteiger charge is -2.11. The second-order valence-corrected chi connectivity index (χ2v) is 5.29. The van der Waals surface area contributed by atoms with Gasteiger partial charge >= 0.3 is 0 Å². The van der Waals surface area contributed by atoms with E-state index in [2.05, 4.69) is 16.7 Å². The van der Waals surface area contributed by atoms with Gasteiger partial charge in [0.25, 0.3) is 0 Å². The predicted molar refractivity (Wildman–Crippen MR) is 89.2 cm³/mol. The molecule has 0 amide bonds. The molecule has 0 atom stereocenters. The van der Waals surface area contributed by atoms with Crippen LogP contribution >= 0.6 is 24.0 Å². The van der Waals surface area contributed by atoms with Gasteiger partial charge in [-0.1, -0.05) is 6.07 Å². The summed E-state index contributed by atoms with van der Waals surface area (Å²) in [5.74, 6) is 0.